The lowest BCUT2D eigenvalue weighted by molar-refractivity contribution is 0.481. The van der Waals surface area contributed by atoms with E-state index in [1.807, 2.05) is 18.0 Å². The lowest BCUT2D eigenvalue weighted by atomic mass is 10.0. The largest absolute Gasteiger partial charge is 0.384 e. The van der Waals surface area contributed by atoms with E-state index in [0.29, 0.717) is 17.1 Å². The first-order valence-electron chi connectivity index (χ1n) is 6.79. The van der Waals surface area contributed by atoms with Crippen LogP contribution in [0.5, 0.6) is 0 Å². The Hall–Kier alpha value is -1.20. The highest BCUT2D eigenvalue weighted by molar-refractivity contribution is 7.99. The Morgan fingerprint density at radius 3 is 2.33 bits per heavy atom. The van der Waals surface area contributed by atoms with Crippen molar-refractivity contribution in [2.75, 3.05) is 17.7 Å². The van der Waals surface area contributed by atoms with Crippen LogP contribution in [0.1, 0.15) is 20.8 Å². The fourth-order valence-corrected chi connectivity index (χ4v) is 3.02. The van der Waals surface area contributed by atoms with Crippen molar-refractivity contribution in [1.29, 1.82) is 0 Å². The molecule has 0 radical (unpaired) electrons. The maximum Gasteiger partial charge on any atom is 0.162 e. The van der Waals surface area contributed by atoms with Crippen LogP contribution in [-0.2, 0) is 0 Å². The van der Waals surface area contributed by atoms with Gasteiger partial charge in [0.15, 0.2) is 5.82 Å². The highest BCUT2D eigenvalue weighted by Crippen LogP contribution is 2.29. The fourth-order valence-electron chi connectivity index (χ4n) is 1.68. The zero-order valence-corrected chi connectivity index (χ0v) is 14.5. The summed E-state index contributed by atoms with van der Waals surface area (Å²) in [6.07, 6.45) is 1.98. The molecule has 5 heteroatoms. The Labute approximate surface area is 135 Å². The molecule has 112 valence electrons. The van der Waals surface area contributed by atoms with Crippen LogP contribution in [0, 0.1) is 5.41 Å². The minimum absolute atomic E-state index is 0.327. The molecule has 0 fully saturated rings. The van der Waals surface area contributed by atoms with Gasteiger partial charge in [-0.15, -0.1) is 23.5 Å². The number of nitrogens with zero attached hydrogens (tertiary/aromatic N) is 2. The van der Waals surface area contributed by atoms with Crippen molar-refractivity contribution < 1.29 is 0 Å². The molecule has 2 aromatic rings. The summed E-state index contributed by atoms with van der Waals surface area (Å²) in [5, 5.41) is 0.892. The van der Waals surface area contributed by atoms with Gasteiger partial charge in [-0.3, -0.25) is 0 Å². The number of nitrogens with two attached hydrogens (primary N) is 1. The van der Waals surface area contributed by atoms with Crippen molar-refractivity contribution in [3.05, 3.63) is 30.3 Å². The van der Waals surface area contributed by atoms with Gasteiger partial charge in [-0.1, -0.05) is 32.9 Å². The van der Waals surface area contributed by atoms with Crippen molar-refractivity contribution in [3.8, 4) is 11.4 Å². The van der Waals surface area contributed by atoms with Crippen LogP contribution in [0.15, 0.2) is 40.3 Å². The topological polar surface area (TPSA) is 51.8 Å². The third-order valence-corrected chi connectivity index (χ3v) is 4.96. The predicted molar refractivity (Wildman–Crippen MR) is 93.8 cm³/mol. The summed E-state index contributed by atoms with van der Waals surface area (Å²) in [6.45, 7) is 6.75. The lowest BCUT2D eigenvalue weighted by Gasteiger charge is -2.17. The molecule has 0 aliphatic heterocycles. The van der Waals surface area contributed by atoms with Crippen molar-refractivity contribution in [2.24, 2.45) is 5.41 Å². The molecule has 0 atom stereocenters. The molecular formula is C16H21N3S2. The molecule has 0 aliphatic rings. The molecule has 2 rings (SSSR count). The molecule has 2 N–H and O–H groups in total. The average Bonchev–Trinajstić information content (AvgIpc) is 2.44. The first kappa shape index (κ1) is 16.2. The average molecular weight is 319 g/mol. The number of nitrogen functional groups attached to an aromatic ring is 1. The van der Waals surface area contributed by atoms with Gasteiger partial charge >= 0.3 is 0 Å². The maximum absolute atomic E-state index is 5.83. The number of thioether (sulfide) groups is 2. The molecule has 0 aliphatic carbocycles. The van der Waals surface area contributed by atoms with Crippen LogP contribution in [0.4, 0.5) is 5.82 Å². The predicted octanol–water partition coefficient (Wildman–Crippen LogP) is 4.59. The summed E-state index contributed by atoms with van der Waals surface area (Å²) in [4.78, 5) is 10.1. The van der Waals surface area contributed by atoms with Crippen LogP contribution in [0.2, 0.25) is 0 Å². The second-order valence-corrected chi connectivity index (χ2v) is 7.91. The molecular weight excluding hydrogens is 298 g/mol. The van der Waals surface area contributed by atoms with Gasteiger partial charge in [-0.05, 0) is 23.8 Å². The molecule has 1 aromatic heterocycles. The second kappa shape index (κ2) is 6.71. The summed E-state index contributed by atoms with van der Waals surface area (Å²) in [6, 6.07) is 10.2. The van der Waals surface area contributed by atoms with E-state index in [2.05, 4.69) is 55.0 Å². The Morgan fingerprint density at radius 1 is 1.10 bits per heavy atom. The highest BCUT2D eigenvalue weighted by Gasteiger charge is 2.11. The van der Waals surface area contributed by atoms with Crippen LogP contribution >= 0.6 is 23.5 Å². The number of hydrogen-bond donors (Lipinski definition) is 1. The summed E-state index contributed by atoms with van der Waals surface area (Å²) in [5.74, 6) is 2.29. The number of anilines is 1. The van der Waals surface area contributed by atoms with E-state index in [-0.39, 0.29) is 0 Å². The van der Waals surface area contributed by atoms with E-state index in [4.69, 9.17) is 5.73 Å². The van der Waals surface area contributed by atoms with E-state index < -0.39 is 0 Å². The molecule has 3 nitrogen and oxygen atoms in total. The Balaban J connectivity index is 2.17. The monoisotopic (exact) mass is 319 g/mol. The smallest absolute Gasteiger partial charge is 0.162 e. The van der Waals surface area contributed by atoms with Gasteiger partial charge in [0.2, 0.25) is 0 Å². The first-order valence-corrected chi connectivity index (χ1v) is 9.00. The van der Waals surface area contributed by atoms with Gasteiger partial charge < -0.3 is 5.73 Å². The molecule has 0 saturated heterocycles. The molecule has 21 heavy (non-hydrogen) atoms. The van der Waals surface area contributed by atoms with Gasteiger partial charge in [0.25, 0.3) is 0 Å². The van der Waals surface area contributed by atoms with E-state index in [1.165, 1.54) is 4.90 Å². The summed E-state index contributed by atoms with van der Waals surface area (Å²) < 4.78 is 0. The van der Waals surface area contributed by atoms with Crippen LogP contribution in [0.3, 0.4) is 0 Å². The summed E-state index contributed by atoms with van der Waals surface area (Å²) >= 11 is 3.44. The molecule has 0 bridgehead atoms. The van der Waals surface area contributed by atoms with Crippen molar-refractivity contribution in [2.45, 2.75) is 30.7 Å². The maximum atomic E-state index is 5.83. The van der Waals surface area contributed by atoms with Crippen molar-refractivity contribution >= 4 is 29.3 Å². The number of rotatable bonds is 4. The molecule has 0 unspecified atom stereocenters. The van der Waals surface area contributed by atoms with Crippen LogP contribution < -0.4 is 5.73 Å². The number of hydrogen-bond acceptors (Lipinski definition) is 5. The van der Waals surface area contributed by atoms with E-state index in [9.17, 15) is 0 Å². The van der Waals surface area contributed by atoms with Gasteiger partial charge in [-0.25, -0.2) is 9.97 Å². The fraction of sp³-hybridized carbons (Fsp3) is 0.375. The SMILES string of the molecule is CSc1cc(N)nc(-c2ccc(SCC(C)(C)C)cc2)n1. The lowest BCUT2D eigenvalue weighted by Crippen LogP contribution is -2.07. The Kier molecular flexibility index (Phi) is 5.17. The normalized spacial score (nSPS) is 11.6. The van der Waals surface area contributed by atoms with Crippen LogP contribution in [-0.4, -0.2) is 22.0 Å². The minimum atomic E-state index is 0.327. The number of benzene rings is 1. The molecule has 0 spiro atoms. The zero-order valence-electron chi connectivity index (χ0n) is 12.9. The van der Waals surface area contributed by atoms with Gasteiger partial charge in [0.1, 0.15) is 10.8 Å². The molecule has 1 heterocycles. The zero-order chi connectivity index (χ0) is 15.5. The van der Waals surface area contributed by atoms with Crippen LogP contribution in [0.25, 0.3) is 11.4 Å². The van der Waals surface area contributed by atoms with Gasteiger partial charge in [0, 0.05) is 22.3 Å². The second-order valence-electron chi connectivity index (χ2n) is 6.03. The minimum Gasteiger partial charge on any atom is -0.384 e. The van der Waals surface area contributed by atoms with Crippen molar-refractivity contribution in [3.63, 3.8) is 0 Å². The Bertz CT molecular complexity index is 604. The molecule has 1 aromatic carbocycles. The summed E-state index contributed by atoms with van der Waals surface area (Å²) in [5.41, 5.74) is 7.15. The standard InChI is InChI=1S/C16H21N3S2/c1-16(2,3)10-21-12-7-5-11(6-8-12)15-18-13(17)9-14(19-15)20-4/h5-9H,10H2,1-4H3,(H2,17,18,19). The third kappa shape index (κ3) is 4.93. The van der Waals surface area contributed by atoms with Crippen molar-refractivity contribution in [1.82, 2.24) is 9.97 Å². The van der Waals surface area contributed by atoms with E-state index in [1.54, 1.807) is 17.8 Å². The van der Waals surface area contributed by atoms with E-state index in [0.717, 1.165) is 16.3 Å². The highest BCUT2D eigenvalue weighted by atomic mass is 32.2. The van der Waals surface area contributed by atoms with Gasteiger partial charge in [-0.2, -0.15) is 0 Å². The van der Waals surface area contributed by atoms with Gasteiger partial charge in [0.05, 0.1) is 0 Å². The first-order chi connectivity index (χ1) is 9.87. The summed E-state index contributed by atoms with van der Waals surface area (Å²) in [7, 11) is 0. The molecule has 0 saturated carbocycles. The third-order valence-electron chi connectivity index (χ3n) is 2.72. The Morgan fingerprint density at radius 2 is 1.76 bits per heavy atom. The molecule has 0 amide bonds. The quantitative estimate of drug-likeness (QED) is 0.660. The number of aromatic nitrogens is 2. The van der Waals surface area contributed by atoms with E-state index >= 15 is 0 Å².